The molecule has 0 aromatic heterocycles. The third-order valence-corrected chi connectivity index (χ3v) is 4.25. The summed E-state index contributed by atoms with van der Waals surface area (Å²) in [5.74, 6) is 0.804. The normalized spacial score (nSPS) is 25.0. The Hall–Kier alpha value is -1.79. The lowest BCUT2D eigenvalue weighted by Crippen LogP contribution is -2.37. The van der Waals surface area contributed by atoms with Gasteiger partial charge in [-0.05, 0) is 6.07 Å². The molecule has 0 unspecified atom stereocenters. The maximum absolute atomic E-state index is 11.6. The molecule has 1 aromatic rings. The standard InChI is InChI=1S/C16H22N2O4/c1-17-11-16(22-15(17)20)6-7-18(12-16)10-13-4-2-3-5-14(13)21-9-8-19/h2-5,19H,6-12H2,1H3/t16-/m1/s1. The maximum atomic E-state index is 11.6. The maximum Gasteiger partial charge on any atom is 0.410 e. The second-order valence-corrected chi connectivity index (χ2v) is 6.05. The van der Waals surface area contributed by atoms with Crippen LogP contribution in [0.4, 0.5) is 4.79 Å². The van der Waals surface area contributed by atoms with Gasteiger partial charge in [-0.25, -0.2) is 4.79 Å². The number of carbonyl (C=O) groups excluding carboxylic acids is 1. The average Bonchev–Trinajstić information content (AvgIpc) is 3.01. The molecular weight excluding hydrogens is 284 g/mol. The SMILES string of the molecule is CN1C[C@@]2(CCN(Cc3ccccc3OCCO)C2)OC1=O. The molecule has 2 saturated heterocycles. The quantitative estimate of drug-likeness (QED) is 0.882. The van der Waals surface area contributed by atoms with E-state index in [0.717, 1.165) is 37.4 Å². The molecule has 0 radical (unpaired) electrons. The van der Waals surface area contributed by atoms with E-state index in [1.807, 2.05) is 24.3 Å². The number of carbonyl (C=O) groups is 1. The lowest BCUT2D eigenvalue weighted by Gasteiger charge is -2.22. The van der Waals surface area contributed by atoms with Crippen molar-refractivity contribution in [2.45, 2.75) is 18.6 Å². The highest BCUT2D eigenvalue weighted by Crippen LogP contribution is 2.33. The molecule has 0 bridgehead atoms. The summed E-state index contributed by atoms with van der Waals surface area (Å²) >= 11 is 0. The lowest BCUT2D eigenvalue weighted by molar-refractivity contribution is 0.0626. The number of rotatable bonds is 5. The molecule has 120 valence electrons. The molecule has 2 heterocycles. The Balaban J connectivity index is 1.64. The van der Waals surface area contributed by atoms with Crippen LogP contribution in [0.25, 0.3) is 0 Å². The number of ether oxygens (including phenoxy) is 2. The molecule has 0 aliphatic carbocycles. The molecule has 2 aliphatic heterocycles. The largest absolute Gasteiger partial charge is 0.491 e. The van der Waals surface area contributed by atoms with Crippen molar-refractivity contribution in [1.29, 1.82) is 0 Å². The molecule has 22 heavy (non-hydrogen) atoms. The van der Waals surface area contributed by atoms with Crippen molar-refractivity contribution in [2.75, 3.05) is 39.9 Å². The van der Waals surface area contributed by atoms with E-state index < -0.39 is 0 Å². The van der Waals surface area contributed by atoms with E-state index in [1.165, 1.54) is 0 Å². The fraction of sp³-hybridized carbons (Fsp3) is 0.562. The van der Waals surface area contributed by atoms with Crippen LogP contribution in [0.15, 0.2) is 24.3 Å². The second-order valence-electron chi connectivity index (χ2n) is 6.05. The molecule has 0 saturated carbocycles. The molecule has 1 N–H and O–H groups in total. The molecule has 2 fully saturated rings. The first-order chi connectivity index (χ1) is 10.6. The number of likely N-dealkylation sites (N-methyl/N-ethyl adjacent to an activating group) is 1. The summed E-state index contributed by atoms with van der Waals surface area (Å²) in [6, 6.07) is 7.86. The van der Waals surface area contributed by atoms with Crippen LogP contribution >= 0.6 is 0 Å². The zero-order valence-electron chi connectivity index (χ0n) is 12.8. The summed E-state index contributed by atoms with van der Waals surface area (Å²) in [7, 11) is 1.78. The number of likely N-dealkylation sites (tertiary alicyclic amines) is 1. The number of hydrogen-bond donors (Lipinski definition) is 1. The van der Waals surface area contributed by atoms with Gasteiger partial charge in [-0.15, -0.1) is 0 Å². The van der Waals surface area contributed by atoms with Crippen LogP contribution in [0.2, 0.25) is 0 Å². The first-order valence-corrected chi connectivity index (χ1v) is 7.60. The van der Waals surface area contributed by atoms with Crippen LogP contribution in [0.5, 0.6) is 5.75 Å². The zero-order chi connectivity index (χ0) is 15.6. The molecule has 1 spiro atoms. The Morgan fingerprint density at radius 3 is 2.91 bits per heavy atom. The molecule has 6 heteroatoms. The van der Waals surface area contributed by atoms with Gasteiger partial charge >= 0.3 is 6.09 Å². The number of aliphatic hydroxyl groups is 1. The minimum absolute atomic E-state index is 0.00342. The van der Waals surface area contributed by atoms with Gasteiger partial charge in [0.15, 0.2) is 0 Å². The number of amides is 1. The van der Waals surface area contributed by atoms with Gasteiger partial charge in [0.05, 0.1) is 13.2 Å². The number of para-hydroxylation sites is 1. The smallest absolute Gasteiger partial charge is 0.410 e. The Labute approximate surface area is 130 Å². The van der Waals surface area contributed by atoms with Crippen molar-refractivity contribution in [1.82, 2.24) is 9.80 Å². The Kier molecular flexibility index (Phi) is 4.22. The van der Waals surface area contributed by atoms with Crippen LogP contribution in [0, 0.1) is 0 Å². The monoisotopic (exact) mass is 306 g/mol. The lowest BCUT2D eigenvalue weighted by atomic mass is 10.0. The second kappa shape index (κ2) is 6.14. The Morgan fingerprint density at radius 2 is 2.18 bits per heavy atom. The predicted octanol–water partition coefficient (Wildman–Crippen LogP) is 1.08. The summed E-state index contributed by atoms with van der Waals surface area (Å²) in [5.41, 5.74) is 0.734. The summed E-state index contributed by atoms with van der Waals surface area (Å²) in [4.78, 5) is 15.5. The minimum atomic E-state index is -0.354. The highest BCUT2D eigenvalue weighted by Gasteiger charge is 2.48. The first kappa shape index (κ1) is 15.1. The van der Waals surface area contributed by atoms with Gasteiger partial charge < -0.3 is 19.5 Å². The van der Waals surface area contributed by atoms with Gasteiger partial charge in [-0.1, -0.05) is 18.2 Å². The first-order valence-electron chi connectivity index (χ1n) is 7.60. The molecular formula is C16H22N2O4. The van der Waals surface area contributed by atoms with E-state index in [1.54, 1.807) is 11.9 Å². The molecule has 3 rings (SSSR count). The van der Waals surface area contributed by atoms with Crippen molar-refractivity contribution in [3.8, 4) is 5.75 Å². The summed E-state index contributed by atoms with van der Waals surface area (Å²) < 4.78 is 11.1. The fourth-order valence-corrected chi connectivity index (χ4v) is 3.24. The highest BCUT2D eigenvalue weighted by molar-refractivity contribution is 5.70. The number of benzene rings is 1. The van der Waals surface area contributed by atoms with Gasteiger partial charge in [-0.2, -0.15) is 0 Å². The minimum Gasteiger partial charge on any atom is -0.491 e. The van der Waals surface area contributed by atoms with Crippen LogP contribution in [0.1, 0.15) is 12.0 Å². The van der Waals surface area contributed by atoms with Gasteiger partial charge in [0, 0.05) is 38.7 Å². The molecule has 1 atom stereocenters. The van der Waals surface area contributed by atoms with Crippen molar-refractivity contribution < 1.29 is 19.4 Å². The summed E-state index contributed by atoms with van der Waals surface area (Å²) in [6.07, 6.45) is 0.636. The molecule has 6 nitrogen and oxygen atoms in total. The van der Waals surface area contributed by atoms with Crippen molar-refractivity contribution in [3.05, 3.63) is 29.8 Å². The van der Waals surface area contributed by atoms with Gasteiger partial charge in [0.2, 0.25) is 0 Å². The van der Waals surface area contributed by atoms with E-state index >= 15 is 0 Å². The number of hydrogen-bond acceptors (Lipinski definition) is 5. The van der Waals surface area contributed by atoms with Crippen molar-refractivity contribution >= 4 is 6.09 Å². The van der Waals surface area contributed by atoms with Crippen molar-refractivity contribution in [2.24, 2.45) is 0 Å². The van der Waals surface area contributed by atoms with E-state index in [4.69, 9.17) is 14.6 Å². The van der Waals surface area contributed by atoms with Gasteiger partial charge in [0.25, 0.3) is 0 Å². The average molecular weight is 306 g/mol. The molecule has 2 aliphatic rings. The Bertz CT molecular complexity index is 551. The number of aliphatic hydroxyl groups excluding tert-OH is 1. The summed E-state index contributed by atoms with van der Waals surface area (Å²) in [6.45, 7) is 3.36. The Morgan fingerprint density at radius 1 is 1.36 bits per heavy atom. The molecule has 1 aromatic carbocycles. The fourth-order valence-electron chi connectivity index (χ4n) is 3.24. The number of nitrogens with zero attached hydrogens (tertiary/aromatic N) is 2. The van der Waals surface area contributed by atoms with Crippen LogP contribution in [-0.2, 0) is 11.3 Å². The van der Waals surface area contributed by atoms with Crippen LogP contribution in [0.3, 0.4) is 0 Å². The highest BCUT2D eigenvalue weighted by atomic mass is 16.6. The van der Waals surface area contributed by atoms with E-state index in [-0.39, 0.29) is 18.3 Å². The van der Waals surface area contributed by atoms with E-state index in [0.29, 0.717) is 13.2 Å². The zero-order valence-corrected chi connectivity index (χ0v) is 12.8. The van der Waals surface area contributed by atoms with Crippen LogP contribution in [-0.4, -0.2) is 66.5 Å². The van der Waals surface area contributed by atoms with Crippen molar-refractivity contribution in [3.63, 3.8) is 0 Å². The van der Waals surface area contributed by atoms with E-state index in [9.17, 15) is 4.79 Å². The third kappa shape index (κ3) is 3.03. The van der Waals surface area contributed by atoms with Gasteiger partial charge in [-0.3, -0.25) is 4.90 Å². The third-order valence-electron chi connectivity index (χ3n) is 4.25. The van der Waals surface area contributed by atoms with Gasteiger partial charge in [0.1, 0.15) is 18.0 Å². The predicted molar refractivity (Wildman–Crippen MR) is 80.8 cm³/mol. The van der Waals surface area contributed by atoms with Crippen LogP contribution < -0.4 is 4.74 Å². The molecule has 1 amide bonds. The summed E-state index contributed by atoms with van der Waals surface area (Å²) in [5, 5.41) is 8.90. The topological polar surface area (TPSA) is 62.2 Å². The van der Waals surface area contributed by atoms with E-state index in [2.05, 4.69) is 4.90 Å².